The van der Waals surface area contributed by atoms with Gasteiger partial charge in [-0.1, -0.05) is 0 Å². The van der Waals surface area contributed by atoms with Crippen molar-refractivity contribution < 1.29 is 9.59 Å². The van der Waals surface area contributed by atoms with Crippen LogP contribution in [0, 0.1) is 5.92 Å². The van der Waals surface area contributed by atoms with E-state index >= 15 is 0 Å². The summed E-state index contributed by atoms with van der Waals surface area (Å²) in [5, 5.41) is 5.33. The third kappa shape index (κ3) is 4.48. The number of nitrogens with one attached hydrogen (secondary N) is 2. The number of nitrogens with zero attached hydrogens (tertiary/aromatic N) is 4. The van der Waals surface area contributed by atoms with Crippen LogP contribution in [0.25, 0.3) is 6.08 Å². The van der Waals surface area contributed by atoms with Crippen molar-refractivity contribution >= 4 is 40.6 Å². The lowest BCUT2D eigenvalue weighted by molar-refractivity contribution is -0.115. The fraction of sp³-hybridized carbons (Fsp3) is 0.316. The molecule has 2 aliphatic heterocycles. The number of hydrogen-bond donors (Lipinski definition) is 2. The molecular weight excluding hydrogens is 376 g/mol. The molecule has 0 unspecified atom stereocenters. The number of anilines is 2. The normalized spacial score (nSPS) is 19.1. The molecule has 2 aromatic heterocycles. The zero-order chi connectivity index (χ0) is 19.3. The van der Waals surface area contributed by atoms with Crippen LogP contribution in [0.15, 0.2) is 41.7 Å². The molecule has 28 heavy (non-hydrogen) atoms. The largest absolute Gasteiger partial charge is 0.384 e. The van der Waals surface area contributed by atoms with Gasteiger partial charge in [-0.2, -0.15) is 0 Å². The Labute approximate surface area is 166 Å². The van der Waals surface area contributed by atoms with E-state index in [1.165, 1.54) is 0 Å². The van der Waals surface area contributed by atoms with E-state index in [4.69, 9.17) is 0 Å². The van der Waals surface area contributed by atoms with E-state index in [1.807, 2.05) is 18.3 Å². The van der Waals surface area contributed by atoms with Crippen molar-refractivity contribution in [1.82, 2.24) is 20.3 Å². The smallest absolute Gasteiger partial charge is 0.290 e. The van der Waals surface area contributed by atoms with Gasteiger partial charge in [-0.05, 0) is 54.8 Å². The molecule has 0 radical (unpaired) electrons. The van der Waals surface area contributed by atoms with E-state index in [0.29, 0.717) is 22.5 Å². The van der Waals surface area contributed by atoms with Crippen molar-refractivity contribution in [2.45, 2.75) is 12.8 Å². The topological polar surface area (TPSA) is 100 Å². The van der Waals surface area contributed by atoms with E-state index in [1.54, 1.807) is 24.5 Å². The van der Waals surface area contributed by atoms with Crippen LogP contribution in [0.5, 0.6) is 0 Å². The van der Waals surface area contributed by atoms with Crippen molar-refractivity contribution in [3.63, 3.8) is 0 Å². The molecule has 8 nitrogen and oxygen atoms in total. The maximum Gasteiger partial charge on any atom is 0.290 e. The average Bonchev–Trinajstić information content (AvgIpc) is 3.04. The molecule has 2 saturated heterocycles. The highest BCUT2D eigenvalue weighted by atomic mass is 32.2. The molecule has 2 aliphatic rings. The van der Waals surface area contributed by atoms with Crippen LogP contribution in [0.4, 0.5) is 16.4 Å². The summed E-state index contributed by atoms with van der Waals surface area (Å²) in [4.78, 5) is 38.5. The Hall–Kier alpha value is -2.94. The molecule has 144 valence electrons. The fourth-order valence-electron chi connectivity index (χ4n) is 3.22. The summed E-state index contributed by atoms with van der Waals surface area (Å²) >= 11 is 0.890. The molecule has 4 heterocycles. The van der Waals surface area contributed by atoms with Gasteiger partial charge in [-0.3, -0.25) is 19.9 Å². The van der Waals surface area contributed by atoms with Crippen LogP contribution in [0.1, 0.15) is 18.5 Å². The zero-order valence-corrected chi connectivity index (χ0v) is 16.0. The first-order valence-corrected chi connectivity index (χ1v) is 9.96. The summed E-state index contributed by atoms with van der Waals surface area (Å²) in [5.41, 5.74) is 1.67. The first-order chi connectivity index (χ1) is 13.7. The van der Waals surface area contributed by atoms with Crippen molar-refractivity contribution in [2.75, 3.05) is 29.9 Å². The van der Waals surface area contributed by atoms with Gasteiger partial charge in [0.2, 0.25) is 5.95 Å². The van der Waals surface area contributed by atoms with Crippen molar-refractivity contribution in [3.8, 4) is 0 Å². The van der Waals surface area contributed by atoms with Gasteiger partial charge in [-0.15, -0.1) is 0 Å². The molecule has 2 N–H and O–H groups in total. The van der Waals surface area contributed by atoms with Crippen LogP contribution in [0.3, 0.4) is 0 Å². The molecule has 9 heteroatoms. The van der Waals surface area contributed by atoms with E-state index in [0.717, 1.165) is 49.9 Å². The van der Waals surface area contributed by atoms with Crippen LogP contribution < -0.4 is 15.5 Å². The monoisotopic (exact) mass is 396 g/mol. The number of thioether (sulfide) groups is 1. The highest BCUT2D eigenvalue weighted by molar-refractivity contribution is 8.18. The van der Waals surface area contributed by atoms with Crippen molar-refractivity contribution in [2.24, 2.45) is 5.92 Å². The minimum Gasteiger partial charge on any atom is -0.384 e. The maximum absolute atomic E-state index is 11.7. The molecule has 0 aromatic carbocycles. The van der Waals surface area contributed by atoms with Crippen LogP contribution in [-0.2, 0) is 4.79 Å². The SMILES string of the molecule is O=C1NC(=O)C(=Cc2ccnc(N3CCC(CNc4cccnc4)CC3)n2)S1. The lowest BCUT2D eigenvalue weighted by Crippen LogP contribution is -2.36. The molecule has 0 bridgehead atoms. The Kier molecular flexibility index (Phi) is 5.52. The molecule has 0 saturated carbocycles. The lowest BCUT2D eigenvalue weighted by Gasteiger charge is -2.32. The second kappa shape index (κ2) is 8.39. The minimum absolute atomic E-state index is 0.354. The number of carbonyl (C=O) groups is 2. The Balaban J connectivity index is 1.34. The number of piperidine rings is 1. The lowest BCUT2D eigenvalue weighted by atomic mass is 9.97. The molecule has 0 atom stereocenters. The third-order valence-corrected chi connectivity index (χ3v) is 5.55. The Morgan fingerprint density at radius 3 is 2.82 bits per heavy atom. The van der Waals surface area contributed by atoms with Gasteiger partial charge >= 0.3 is 0 Å². The minimum atomic E-state index is -0.378. The van der Waals surface area contributed by atoms with Gasteiger partial charge in [0.25, 0.3) is 11.1 Å². The van der Waals surface area contributed by atoms with E-state index in [2.05, 4.69) is 30.5 Å². The second-order valence-corrected chi connectivity index (χ2v) is 7.70. The molecule has 0 spiro atoms. The summed E-state index contributed by atoms with van der Waals surface area (Å²) in [5.74, 6) is 0.867. The Bertz CT molecular complexity index is 896. The van der Waals surface area contributed by atoms with Crippen LogP contribution in [-0.4, -0.2) is 45.7 Å². The number of aromatic nitrogens is 3. The van der Waals surface area contributed by atoms with Crippen molar-refractivity contribution in [1.29, 1.82) is 0 Å². The molecule has 0 aliphatic carbocycles. The molecular formula is C19H20N6O2S. The maximum atomic E-state index is 11.7. The number of amides is 2. The Morgan fingerprint density at radius 1 is 1.25 bits per heavy atom. The van der Waals surface area contributed by atoms with E-state index in [-0.39, 0.29) is 11.1 Å². The first kappa shape index (κ1) is 18.4. The van der Waals surface area contributed by atoms with Gasteiger partial charge in [-0.25, -0.2) is 9.97 Å². The summed E-state index contributed by atoms with van der Waals surface area (Å²) in [6, 6.07) is 5.68. The van der Waals surface area contributed by atoms with Crippen molar-refractivity contribution in [3.05, 3.63) is 47.4 Å². The van der Waals surface area contributed by atoms with Gasteiger partial charge in [0.05, 0.1) is 16.3 Å². The van der Waals surface area contributed by atoms with E-state index < -0.39 is 0 Å². The highest BCUT2D eigenvalue weighted by Gasteiger charge is 2.25. The number of imide groups is 1. The predicted octanol–water partition coefficient (Wildman–Crippen LogP) is 2.52. The zero-order valence-electron chi connectivity index (χ0n) is 15.2. The van der Waals surface area contributed by atoms with Crippen LogP contribution in [0.2, 0.25) is 0 Å². The van der Waals surface area contributed by atoms with Crippen LogP contribution >= 0.6 is 11.8 Å². The quantitative estimate of drug-likeness (QED) is 0.744. The number of carbonyl (C=O) groups excluding carboxylic acids is 2. The number of pyridine rings is 1. The molecule has 2 fully saturated rings. The average molecular weight is 396 g/mol. The summed E-state index contributed by atoms with van der Waals surface area (Å²) < 4.78 is 0. The summed E-state index contributed by atoms with van der Waals surface area (Å²) in [6.07, 6.45) is 9.01. The van der Waals surface area contributed by atoms with Gasteiger partial charge in [0.15, 0.2) is 0 Å². The third-order valence-electron chi connectivity index (χ3n) is 4.74. The van der Waals surface area contributed by atoms with Gasteiger partial charge in [0, 0.05) is 38.2 Å². The number of rotatable bonds is 5. The summed E-state index contributed by atoms with van der Waals surface area (Å²) in [6.45, 7) is 2.69. The predicted molar refractivity (Wildman–Crippen MR) is 109 cm³/mol. The standard InChI is InChI=1S/C19H20N6O2S/c26-17-16(28-19(27)24-17)10-14-3-7-21-18(23-14)25-8-4-13(5-9-25)11-22-15-2-1-6-20-12-15/h1-3,6-7,10,12-13,22H,4-5,8-9,11H2,(H,24,26,27). The molecule has 4 rings (SSSR count). The number of hydrogen-bond acceptors (Lipinski definition) is 8. The van der Waals surface area contributed by atoms with E-state index in [9.17, 15) is 9.59 Å². The first-order valence-electron chi connectivity index (χ1n) is 9.14. The second-order valence-electron chi connectivity index (χ2n) is 6.69. The summed E-state index contributed by atoms with van der Waals surface area (Å²) in [7, 11) is 0. The van der Waals surface area contributed by atoms with Gasteiger partial charge < -0.3 is 10.2 Å². The highest BCUT2D eigenvalue weighted by Crippen LogP contribution is 2.26. The van der Waals surface area contributed by atoms with Gasteiger partial charge in [0.1, 0.15) is 0 Å². The fourth-order valence-corrected chi connectivity index (χ4v) is 3.88. The molecule has 2 amide bonds. The Morgan fingerprint density at radius 2 is 2.11 bits per heavy atom. The molecule has 2 aromatic rings.